The van der Waals surface area contributed by atoms with Gasteiger partial charge in [0.25, 0.3) is 0 Å². The Bertz CT molecular complexity index is 496. The van der Waals surface area contributed by atoms with Gasteiger partial charge in [-0.25, -0.2) is 0 Å². The Kier molecular flexibility index (Phi) is 10.1. The minimum atomic E-state index is 0.852. The van der Waals surface area contributed by atoms with E-state index in [-0.39, 0.29) is 0 Å². The molecule has 1 aromatic rings. The van der Waals surface area contributed by atoms with Gasteiger partial charge in [0.2, 0.25) is 0 Å². The van der Waals surface area contributed by atoms with Gasteiger partial charge in [-0.3, -0.25) is 9.98 Å². The van der Waals surface area contributed by atoms with E-state index >= 15 is 0 Å². The van der Waals surface area contributed by atoms with Crippen LogP contribution in [0.1, 0.15) is 32.4 Å². The highest BCUT2D eigenvalue weighted by atomic mass is 15.3. The molecule has 0 spiro atoms. The van der Waals surface area contributed by atoms with Crippen LogP contribution in [0.25, 0.3) is 0 Å². The quantitative estimate of drug-likeness (QED) is 0.377. The number of rotatable bonds is 10. The molecule has 6 nitrogen and oxygen atoms in total. The van der Waals surface area contributed by atoms with E-state index in [4.69, 9.17) is 4.99 Å². The average Bonchev–Trinajstić information content (AvgIpc) is 2.69. The molecule has 0 aliphatic carbocycles. The highest BCUT2D eigenvalue weighted by Crippen LogP contribution is 2.03. The fourth-order valence-corrected chi connectivity index (χ4v) is 3.16. The molecule has 1 saturated heterocycles. The summed E-state index contributed by atoms with van der Waals surface area (Å²) in [6, 6.07) is 6.04. The first-order valence-corrected chi connectivity index (χ1v) is 10.2. The van der Waals surface area contributed by atoms with Crippen molar-refractivity contribution in [2.45, 2.75) is 33.1 Å². The first kappa shape index (κ1) is 20.6. The Morgan fingerprint density at radius 1 is 1.08 bits per heavy atom. The summed E-state index contributed by atoms with van der Waals surface area (Å²) in [7, 11) is 0. The second-order valence-electron chi connectivity index (χ2n) is 6.74. The predicted octanol–water partition coefficient (Wildman–Crippen LogP) is 1.60. The normalized spacial score (nSPS) is 16.6. The van der Waals surface area contributed by atoms with E-state index in [1.165, 1.54) is 45.7 Å². The molecule has 0 atom stereocenters. The summed E-state index contributed by atoms with van der Waals surface area (Å²) in [5, 5.41) is 6.73. The van der Waals surface area contributed by atoms with Crippen LogP contribution in [-0.4, -0.2) is 79.6 Å². The van der Waals surface area contributed by atoms with Crippen molar-refractivity contribution in [3.8, 4) is 0 Å². The zero-order valence-corrected chi connectivity index (χ0v) is 16.6. The van der Waals surface area contributed by atoms with Crippen molar-refractivity contribution >= 4 is 5.96 Å². The SMILES string of the molecule is CCNC(=NCCCCN1CCN(CC)CC1)NCCc1ccccn1. The highest BCUT2D eigenvalue weighted by molar-refractivity contribution is 5.79. The third-order valence-corrected chi connectivity index (χ3v) is 4.81. The lowest BCUT2D eigenvalue weighted by molar-refractivity contribution is 0.136. The molecule has 26 heavy (non-hydrogen) atoms. The van der Waals surface area contributed by atoms with Crippen molar-refractivity contribution < 1.29 is 0 Å². The van der Waals surface area contributed by atoms with Gasteiger partial charge in [0.05, 0.1) is 0 Å². The van der Waals surface area contributed by atoms with Gasteiger partial charge in [-0.15, -0.1) is 0 Å². The van der Waals surface area contributed by atoms with E-state index in [9.17, 15) is 0 Å². The zero-order chi connectivity index (χ0) is 18.5. The molecule has 0 saturated carbocycles. The van der Waals surface area contributed by atoms with E-state index in [0.717, 1.165) is 44.1 Å². The number of hydrogen-bond donors (Lipinski definition) is 2. The van der Waals surface area contributed by atoms with Crippen LogP contribution in [0.4, 0.5) is 0 Å². The number of hydrogen-bond acceptors (Lipinski definition) is 4. The monoisotopic (exact) mass is 360 g/mol. The number of pyridine rings is 1. The summed E-state index contributed by atoms with van der Waals surface area (Å²) in [6.07, 6.45) is 5.12. The van der Waals surface area contributed by atoms with E-state index in [0.29, 0.717) is 0 Å². The minimum absolute atomic E-state index is 0.852. The number of unbranched alkanes of at least 4 members (excludes halogenated alkanes) is 1. The van der Waals surface area contributed by atoms with Gasteiger partial charge in [-0.05, 0) is 45.0 Å². The topological polar surface area (TPSA) is 55.8 Å². The lowest BCUT2D eigenvalue weighted by Gasteiger charge is -2.33. The van der Waals surface area contributed by atoms with Crippen LogP contribution in [0.5, 0.6) is 0 Å². The average molecular weight is 361 g/mol. The standard InChI is InChI=1S/C20H36N6/c1-3-21-20(24-13-10-19-9-5-6-11-22-19)23-12-7-8-14-26-17-15-25(4-2)16-18-26/h5-6,9,11H,3-4,7-8,10,12-18H2,1-2H3,(H2,21,23,24). The van der Waals surface area contributed by atoms with E-state index in [1.807, 2.05) is 18.3 Å². The molecule has 0 amide bonds. The van der Waals surface area contributed by atoms with Crippen molar-refractivity contribution in [3.05, 3.63) is 30.1 Å². The zero-order valence-electron chi connectivity index (χ0n) is 16.6. The van der Waals surface area contributed by atoms with Crippen LogP contribution in [0.3, 0.4) is 0 Å². The number of likely N-dealkylation sites (N-methyl/N-ethyl adjacent to an activating group) is 1. The van der Waals surface area contributed by atoms with Crippen LogP contribution in [0.15, 0.2) is 29.4 Å². The Hall–Kier alpha value is -1.66. The molecular formula is C20H36N6. The predicted molar refractivity (Wildman–Crippen MR) is 110 cm³/mol. The first-order valence-electron chi connectivity index (χ1n) is 10.2. The van der Waals surface area contributed by atoms with Gasteiger partial charge in [0.15, 0.2) is 5.96 Å². The Morgan fingerprint density at radius 2 is 1.88 bits per heavy atom. The molecule has 1 fully saturated rings. The Balaban J connectivity index is 1.59. The number of nitrogens with one attached hydrogen (secondary N) is 2. The van der Waals surface area contributed by atoms with Crippen LogP contribution in [0, 0.1) is 0 Å². The van der Waals surface area contributed by atoms with Gasteiger partial charge in [-0.1, -0.05) is 13.0 Å². The number of piperazine rings is 1. The molecule has 2 rings (SSSR count). The molecule has 0 radical (unpaired) electrons. The van der Waals surface area contributed by atoms with Gasteiger partial charge in [-0.2, -0.15) is 0 Å². The molecule has 2 heterocycles. The van der Waals surface area contributed by atoms with E-state index in [2.05, 4.69) is 45.3 Å². The smallest absolute Gasteiger partial charge is 0.191 e. The van der Waals surface area contributed by atoms with E-state index in [1.54, 1.807) is 0 Å². The Morgan fingerprint density at radius 3 is 2.58 bits per heavy atom. The summed E-state index contributed by atoms with van der Waals surface area (Å²) in [4.78, 5) is 14.2. The van der Waals surface area contributed by atoms with Gasteiger partial charge < -0.3 is 20.4 Å². The second kappa shape index (κ2) is 12.7. The molecule has 0 bridgehead atoms. The third-order valence-electron chi connectivity index (χ3n) is 4.81. The second-order valence-corrected chi connectivity index (χ2v) is 6.74. The molecule has 0 unspecified atom stereocenters. The molecular weight excluding hydrogens is 324 g/mol. The molecule has 2 N–H and O–H groups in total. The highest BCUT2D eigenvalue weighted by Gasteiger charge is 2.14. The molecule has 1 aromatic heterocycles. The summed E-state index contributed by atoms with van der Waals surface area (Å²) < 4.78 is 0. The van der Waals surface area contributed by atoms with Crippen molar-refractivity contribution in [1.82, 2.24) is 25.4 Å². The maximum Gasteiger partial charge on any atom is 0.191 e. The lowest BCUT2D eigenvalue weighted by Crippen LogP contribution is -2.46. The van der Waals surface area contributed by atoms with Gasteiger partial charge in [0, 0.05) is 64.1 Å². The van der Waals surface area contributed by atoms with Gasteiger partial charge >= 0.3 is 0 Å². The molecule has 1 aliphatic heterocycles. The van der Waals surface area contributed by atoms with Crippen molar-refractivity contribution in [2.24, 2.45) is 4.99 Å². The number of aromatic nitrogens is 1. The first-order chi connectivity index (χ1) is 12.8. The molecule has 0 aromatic carbocycles. The van der Waals surface area contributed by atoms with Crippen molar-refractivity contribution in [2.75, 3.05) is 58.9 Å². The van der Waals surface area contributed by atoms with Crippen LogP contribution in [-0.2, 0) is 6.42 Å². The summed E-state index contributed by atoms with van der Waals surface area (Å²) in [5.41, 5.74) is 1.11. The summed E-state index contributed by atoms with van der Waals surface area (Å²) in [5.74, 6) is 0.917. The fourth-order valence-electron chi connectivity index (χ4n) is 3.16. The Labute approximate surface area is 159 Å². The van der Waals surface area contributed by atoms with Crippen LogP contribution < -0.4 is 10.6 Å². The van der Waals surface area contributed by atoms with Crippen molar-refractivity contribution in [3.63, 3.8) is 0 Å². The molecule has 1 aliphatic rings. The van der Waals surface area contributed by atoms with Crippen LogP contribution in [0.2, 0.25) is 0 Å². The minimum Gasteiger partial charge on any atom is -0.357 e. The number of nitrogens with zero attached hydrogens (tertiary/aromatic N) is 4. The third kappa shape index (κ3) is 8.15. The largest absolute Gasteiger partial charge is 0.357 e. The number of guanidine groups is 1. The lowest BCUT2D eigenvalue weighted by atomic mass is 10.2. The van der Waals surface area contributed by atoms with Gasteiger partial charge in [0.1, 0.15) is 0 Å². The number of aliphatic imine (C=N–C) groups is 1. The molecule has 146 valence electrons. The van der Waals surface area contributed by atoms with E-state index < -0.39 is 0 Å². The van der Waals surface area contributed by atoms with Crippen LogP contribution >= 0.6 is 0 Å². The molecule has 6 heteroatoms. The maximum absolute atomic E-state index is 4.70. The fraction of sp³-hybridized carbons (Fsp3) is 0.700. The maximum atomic E-state index is 4.70. The van der Waals surface area contributed by atoms with Crippen molar-refractivity contribution in [1.29, 1.82) is 0 Å². The summed E-state index contributed by atoms with van der Waals surface area (Å²) in [6.45, 7) is 14.2. The summed E-state index contributed by atoms with van der Waals surface area (Å²) >= 11 is 0.